The van der Waals surface area contributed by atoms with E-state index in [2.05, 4.69) is 25.7 Å². The second kappa shape index (κ2) is 24.3. The van der Waals surface area contributed by atoms with Crippen LogP contribution in [0.5, 0.6) is 17.2 Å². The van der Waals surface area contributed by atoms with Crippen LogP contribution in [-0.4, -0.2) is 18.7 Å². The van der Waals surface area contributed by atoms with E-state index in [1.807, 2.05) is 6.92 Å². The molecule has 6 heteroatoms. The van der Waals surface area contributed by atoms with Crippen LogP contribution in [0.25, 0.3) is 0 Å². The summed E-state index contributed by atoms with van der Waals surface area (Å²) in [6.07, 6.45) is 21.9. The molecule has 0 aliphatic heterocycles. The van der Waals surface area contributed by atoms with Gasteiger partial charge in [0.15, 0.2) is 23.1 Å². The highest BCUT2D eigenvalue weighted by atomic mass is 19.1. The maximum atomic E-state index is 14.7. The van der Waals surface area contributed by atoms with E-state index in [-0.39, 0.29) is 23.2 Å². The first kappa shape index (κ1) is 40.6. The highest BCUT2D eigenvalue weighted by Crippen LogP contribution is 2.23. The molecular weight excluding hydrogens is 630 g/mol. The van der Waals surface area contributed by atoms with Gasteiger partial charge in [0.1, 0.15) is 5.75 Å². The fourth-order valence-corrected chi connectivity index (χ4v) is 5.77. The molecule has 0 heterocycles. The van der Waals surface area contributed by atoms with E-state index in [1.54, 1.807) is 36.4 Å². The standard InChI is InChI=1S/C44H58F2O4/c1-4-6-8-10-11-12-13-14-15-16-17-18-20-32-48-42-31-27-38(34-41(42)46)44(47)50-39-28-24-36(25-29-39)22-23-37-26-30-43(40(45)33-37)49-35(3)21-19-9-7-5-2/h24-31,33-35H,4-21,32H2,1-3H3. The van der Waals surface area contributed by atoms with Gasteiger partial charge < -0.3 is 14.2 Å². The molecule has 3 rings (SSSR count). The zero-order valence-corrected chi connectivity index (χ0v) is 30.7. The molecule has 272 valence electrons. The van der Waals surface area contributed by atoms with E-state index in [9.17, 15) is 13.6 Å². The number of hydrogen-bond donors (Lipinski definition) is 0. The second-order valence-electron chi connectivity index (χ2n) is 13.3. The number of unbranched alkanes of at least 4 members (excludes halogenated alkanes) is 15. The van der Waals surface area contributed by atoms with Crippen molar-refractivity contribution in [3.63, 3.8) is 0 Å². The molecule has 4 nitrogen and oxygen atoms in total. The van der Waals surface area contributed by atoms with Crippen LogP contribution in [0.15, 0.2) is 60.7 Å². The molecule has 50 heavy (non-hydrogen) atoms. The lowest BCUT2D eigenvalue weighted by Crippen LogP contribution is -2.12. The average molecular weight is 689 g/mol. The van der Waals surface area contributed by atoms with Crippen molar-refractivity contribution in [2.24, 2.45) is 0 Å². The number of ether oxygens (including phenoxy) is 3. The Morgan fingerprint density at radius 1 is 0.620 bits per heavy atom. The Bertz CT molecular complexity index is 1460. The van der Waals surface area contributed by atoms with Crippen LogP contribution in [0.4, 0.5) is 8.78 Å². The molecule has 3 aromatic rings. The van der Waals surface area contributed by atoms with Gasteiger partial charge in [-0.3, -0.25) is 0 Å². The predicted molar refractivity (Wildman–Crippen MR) is 200 cm³/mol. The van der Waals surface area contributed by atoms with Gasteiger partial charge in [0.25, 0.3) is 0 Å². The SMILES string of the molecule is CCCCCCCCCCCCCCCOc1ccc(C(=O)Oc2ccc(C#Cc3ccc(OC(C)CCCCCC)c(F)c3)cc2)cc1F. The van der Waals surface area contributed by atoms with E-state index < -0.39 is 17.6 Å². The van der Waals surface area contributed by atoms with Crippen molar-refractivity contribution in [3.8, 4) is 29.1 Å². The Morgan fingerprint density at radius 2 is 1.14 bits per heavy atom. The molecule has 0 aliphatic carbocycles. The van der Waals surface area contributed by atoms with Gasteiger partial charge in [-0.2, -0.15) is 0 Å². The first-order valence-electron chi connectivity index (χ1n) is 19.1. The molecule has 3 aromatic carbocycles. The Labute approximate surface area is 300 Å². The van der Waals surface area contributed by atoms with Crippen LogP contribution < -0.4 is 14.2 Å². The molecule has 0 fully saturated rings. The van der Waals surface area contributed by atoms with E-state index in [1.165, 1.54) is 102 Å². The summed E-state index contributed by atoms with van der Waals surface area (Å²) < 4.78 is 46.2. The van der Waals surface area contributed by atoms with Crippen molar-refractivity contribution >= 4 is 5.97 Å². The van der Waals surface area contributed by atoms with Crippen molar-refractivity contribution < 1.29 is 27.8 Å². The van der Waals surface area contributed by atoms with Crippen LogP contribution in [0.2, 0.25) is 0 Å². The van der Waals surface area contributed by atoms with Crippen molar-refractivity contribution in [3.05, 3.63) is 89.0 Å². The Hall–Kier alpha value is -3.85. The Morgan fingerprint density at radius 3 is 1.74 bits per heavy atom. The number of rotatable bonds is 24. The van der Waals surface area contributed by atoms with Crippen LogP contribution in [0.1, 0.15) is 158 Å². The number of halogens is 2. The molecule has 1 unspecified atom stereocenters. The van der Waals surface area contributed by atoms with Crippen molar-refractivity contribution in [2.75, 3.05) is 6.61 Å². The molecule has 0 spiro atoms. The number of hydrogen-bond acceptors (Lipinski definition) is 4. The van der Waals surface area contributed by atoms with Gasteiger partial charge in [0.2, 0.25) is 0 Å². The van der Waals surface area contributed by atoms with E-state index in [4.69, 9.17) is 14.2 Å². The van der Waals surface area contributed by atoms with Crippen molar-refractivity contribution in [1.82, 2.24) is 0 Å². The summed E-state index contributed by atoms with van der Waals surface area (Å²) in [5.41, 5.74) is 1.29. The van der Waals surface area contributed by atoms with Crippen LogP contribution in [0.3, 0.4) is 0 Å². The smallest absolute Gasteiger partial charge is 0.343 e. The third kappa shape index (κ3) is 16.2. The summed E-state index contributed by atoms with van der Waals surface area (Å²) in [6.45, 7) is 6.84. The minimum Gasteiger partial charge on any atom is -0.491 e. The zero-order valence-electron chi connectivity index (χ0n) is 30.7. The summed E-state index contributed by atoms with van der Waals surface area (Å²) in [6, 6.07) is 15.5. The van der Waals surface area contributed by atoms with Gasteiger partial charge in [0.05, 0.1) is 18.3 Å². The molecule has 0 saturated heterocycles. The average Bonchev–Trinajstić information content (AvgIpc) is 3.11. The molecule has 0 radical (unpaired) electrons. The lowest BCUT2D eigenvalue weighted by molar-refractivity contribution is 0.0734. The van der Waals surface area contributed by atoms with Gasteiger partial charge in [-0.1, -0.05) is 122 Å². The lowest BCUT2D eigenvalue weighted by atomic mass is 10.0. The highest BCUT2D eigenvalue weighted by Gasteiger charge is 2.13. The van der Waals surface area contributed by atoms with E-state index in [0.717, 1.165) is 38.2 Å². The molecule has 0 aromatic heterocycles. The minimum absolute atomic E-state index is 0.0537. The van der Waals surface area contributed by atoms with Crippen LogP contribution >= 0.6 is 0 Å². The molecule has 0 aliphatic rings. The Kier molecular flexibility index (Phi) is 19.7. The van der Waals surface area contributed by atoms with Gasteiger partial charge in [0, 0.05) is 11.1 Å². The normalized spacial score (nSPS) is 11.5. The third-order valence-corrected chi connectivity index (χ3v) is 8.81. The summed E-state index contributed by atoms with van der Waals surface area (Å²) in [4.78, 5) is 12.7. The summed E-state index contributed by atoms with van der Waals surface area (Å²) in [5, 5.41) is 0. The van der Waals surface area contributed by atoms with Crippen LogP contribution in [-0.2, 0) is 0 Å². The maximum Gasteiger partial charge on any atom is 0.343 e. The number of benzene rings is 3. The number of carbonyl (C=O) groups excluding carboxylic acids is 1. The topological polar surface area (TPSA) is 44.8 Å². The fourth-order valence-electron chi connectivity index (χ4n) is 5.77. The van der Waals surface area contributed by atoms with Crippen LogP contribution in [0, 0.1) is 23.5 Å². The molecule has 0 amide bonds. The first-order chi connectivity index (χ1) is 24.4. The monoisotopic (exact) mass is 688 g/mol. The highest BCUT2D eigenvalue weighted by molar-refractivity contribution is 5.91. The van der Waals surface area contributed by atoms with Gasteiger partial charge in [-0.05, 0) is 86.8 Å². The predicted octanol–water partition coefficient (Wildman–Crippen LogP) is 12.8. The van der Waals surface area contributed by atoms with Gasteiger partial charge >= 0.3 is 5.97 Å². The summed E-state index contributed by atoms with van der Waals surface area (Å²) in [7, 11) is 0. The Balaban J connectivity index is 1.35. The molecular formula is C44H58F2O4. The second-order valence-corrected chi connectivity index (χ2v) is 13.3. The molecule has 0 bridgehead atoms. The molecule has 1 atom stereocenters. The summed E-state index contributed by atoms with van der Waals surface area (Å²) >= 11 is 0. The largest absolute Gasteiger partial charge is 0.491 e. The third-order valence-electron chi connectivity index (χ3n) is 8.81. The first-order valence-corrected chi connectivity index (χ1v) is 19.1. The van der Waals surface area contributed by atoms with E-state index in [0.29, 0.717) is 23.5 Å². The quantitative estimate of drug-likeness (QED) is 0.0407. The maximum absolute atomic E-state index is 14.7. The van der Waals surface area contributed by atoms with Crippen molar-refractivity contribution in [2.45, 2.75) is 142 Å². The zero-order chi connectivity index (χ0) is 35.8. The van der Waals surface area contributed by atoms with E-state index >= 15 is 0 Å². The minimum atomic E-state index is -0.668. The molecule has 0 N–H and O–H groups in total. The number of carbonyl (C=O) groups is 1. The van der Waals surface area contributed by atoms with Gasteiger partial charge in [-0.25, -0.2) is 13.6 Å². The summed E-state index contributed by atoms with van der Waals surface area (Å²) in [5.74, 6) is 4.94. The van der Waals surface area contributed by atoms with Gasteiger partial charge in [-0.15, -0.1) is 0 Å². The molecule has 0 saturated carbocycles. The number of esters is 1. The lowest BCUT2D eigenvalue weighted by Gasteiger charge is -2.15. The fraction of sp³-hybridized carbons (Fsp3) is 0.523. The van der Waals surface area contributed by atoms with Crippen molar-refractivity contribution in [1.29, 1.82) is 0 Å².